The maximum Gasteiger partial charge on any atom is 0.126 e. The highest BCUT2D eigenvalue weighted by Crippen LogP contribution is 2.09. The summed E-state index contributed by atoms with van der Waals surface area (Å²) in [6.45, 7) is 7.06. The Morgan fingerprint density at radius 3 is 2.32 bits per heavy atom. The average Bonchev–Trinajstić information content (AvgIpc) is 2.45. The van der Waals surface area contributed by atoms with Gasteiger partial charge in [-0.05, 0) is 18.1 Å². The highest BCUT2D eigenvalue weighted by Gasteiger charge is 2.16. The third-order valence-corrected chi connectivity index (χ3v) is 3.73. The van der Waals surface area contributed by atoms with E-state index in [0.717, 1.165) is 57.9 Å². The summed E-state index contributed by atoms with van der Waals surface area (Å²) < 4.78 is 18.6. The molecule has 1 heterocycles. The summed E-state index contributed by atoms with van der Waals surface area (Å²) in [5.41, 5.74) is 0.823. The Morgan fingerprint density at radius 1 is 1.05 bits per heavy atom. The number of rotatable bonds is 6. The van der Waals surface area contributed by atoms with Gasteiger partial charge < -0.3 is 9.64 Å². The van der Waals surface area contributed by atoms with Gasteiger partial charge in [0.05, 0.1) is 6.61 Å². The molecule has 0 N–H and O–H groups in total. The first-order valence-electron chi connectivity index (χ1n) is 6.96. The van der Waals surface area contributed by atoms with Crippen LogP contribution in [0.1, 0.15) is 5.56 Å². The molecule has 106 valence electrons. The summed E-state index contributed by atoms with van der Waals surface area (Å²) >= 11 is 0. The quantitative estimate of drug-likeness (QED) is 0.778. The second-order valence-corrected chi connectivity index (χ2v) is 5.02. The van der Waals surface area contributed by atoms with E-state index >= 15 is 0 Å². The lowest BCUT2D eigenvalue weighted by atomic mass is 10.1. The fourth-order valence-electron chi connectivity index (χ4n) is 2.44. The zero-order valence-corrected chi connectivity index (χ0v) is 11.6. The fourth-order valence-corrected chi connectivity index (χ4v) is 2.44. The van der Waals surface area contributed by atoms with Crippen molar-refractivity contribution < 1.29 is 9.13 Å². The summed E-state index contributed by atoms with van der Waals surface area (Å²) in [7, 11) is 1.74. The Bertz CT molecular complexity index is 378. The van der Waals surface area contributed by atoms with Crippen LogP contribution in [0.3, 0.4) is 0 Å². The molecule has 1 aromatic rings. The van der Waals surface area contributed by atoms with Gasteiger partial charge in [-0.2, -0.15) is 0 Å². The van der Waals surface area contributed by atoms with Crippen LogP contribution in [0.15, 0.2) is 24.3 Å². The SMILES string of the molecule is COCCN1CCN(CCc2ccccc2F)CC1. The van der Waals surface area contributed by atoms with Crippen molar-refractivity contribution in [3.63, 3.8) is 0 Å². The number of ether oxygens (including phenoxy) is 1. The normalized spacial score (nSPS) is 17.8. The lowest BCUT2D eigenvalue weighted by molar-refractivity contribution is 0.0974. The second kappa shape index (κ2) is 7.58. The van der Waals surface area contributed by atoms with Crippen molar-refractivity contribution in [1.82, 2.24) is 9.80 Å². The first-order valence-corrected chi connectivity index (χ1v) is 6.96. The smallest absolute Gasteiger partial charge is 0.126 e. The molecule has 1 saturated heterocycles. The van der Waals surface area contributed by atoms with Gasteiger partial charge in [0.1, 0.15) is 5.82 Å². The Morgan fingerprint density at radius 2 is 1.68 bits per heavy atom. The van der Waals surface area contributed by atoms with Crippen LogP contribution in [0.25, 0.3) is 0 Å². The molecule has 0 amide bonds. The highest BCUT2D eigenvalue weighted by molar-refractivity contribution is 5.17. The summed E-state index contributed by atoms with van der Waals surface area (Å²) in [5, 5.41) is 0. The van der Waals surface area contributed by atoms with E-state index in [0.29, 0.717) is 0 Å². The van der Waals surface area contributed by atoms with Crippen molar-refractivity contribution in [2.75, 3.05) is 53.0 Å². The molecule has 4 heteroatoms. The van der Waals surface area contributed by atoms with Crippen molar-refractivity contribution in [2.24, 2.45) is 0 Å². The number of piperazine rings is 1. The van der Waals surface area contributed by atoms with Gasteiger partial charge in [0.15, 0.2) is 0 Å². The van der Waals surface area contributed by atoms with E-state index in [1.54, 1.807) is 13.2 Å². The van der Waals surface area contributed by atoms with E-state index in [2.05, 4.69) is 9.80 Å². The molecule has 1 aliphatic rings. The van der Waals surface area contributed by atoms with E-state index < -0.39 is 0 Å². The van der Waals surface area contributed by atoms with Gasteiger partial charge in [-0.15, -0.1) is 0 Å². The van der Waals surface area contributed by atoms with Crippen molar-refractivity contribution in [3.8, 4) is 0 Å². The Hall–Kier alpha value is -0.970. The molecular weight excluding hydrogens is 243 g/mol. The Balaban J connectivity index is 1.70. The molecule has 0 bridgehead atoms. The number of nitrogens with zero attached hydrogens (tertiary/aromatic N) is 2. The molecule has 0 radical (unpaired) electrons. The van der Waals surface area contributed by atoms with Crippen LogP contribution >= 0.6 is 0 Å². The molecule has 2 rings (SSSR count). The number of hydrogen-bond acceptors (Lipinski definition) is 3. The number of methoxy groups -OCH3 is 1. The number of benzene rings is 1. The topological polar surface area (TPSA) is 15.7 Å². The zero-order valence-electron chi connectivity index (χ0n) is 11.6. The molecule has 0 atom stereocenters. The van der Waals surface area contributed by atoms with Gasteiger partial charge in [0.25, 0.3) is 0 Å². The maximum atomic E-state index is 13.5. The van der Waals surface area contributed by atoms with Crippen molar-refractivity contribution in [2.45, 2.75) is 6.42 Å². The third kappa shape index (κ3) is 4.56. The van der Waals surface area contributed by atoms with Crippen molar-refractivity contribution >= 4 is 0 Å². The number of halogens is 1. The molecular formula is C15H23FN2O. The summed E-state index contributed by atoms with van der Waals surface area (Å²) in [4.78, 5) is 4.83. The molecule has 19 heavy (non-hydrogen) atoms. The maximum absolute atomic E-state index is 13.5. The monoisotopic (exact) mass is 266 g/mol. The summed E-state index contributed by atoms with van der Waals surface area (Å²) in [5.74, 6) is -0.0822. The predicted octanol–water partition coefficient (Wildman–Crippen LogP) is 1.63. The van der Waals surface area contributed by atoms with Crippen LogP contribution in [0.2, 0.25) is 0 Å². The lowest BCUT2D eigenvalue weighted by Crippen LogP contribution is -2.47. The summed E-state index contributed by atoms with van der Waals surface area (Å²) in [6, 6.07) is 7.07. The lowest BCUT2D eigenvalue weighted by Gasteiger charge is -2.34. The molecule has 0 saturated carbocycles. The molecule has 1 aromatic carbocycles. The molecule has 3 nitrogen and oxygen atoms in total. The standard InChI is InChI=1S/C15H23FN2O/c1-19-13-12-18-10-8-17(9-11-18)7-6-14-4-2-3-5-15(14)16/h2-5H,6-13H2,1H3. The molecule has 0 aromatic heterocycles. The first kappa shape index (κ1) is 14.4. The summed E-state index contributed by atoms with van der Waals surface area (Å²) in [6.07, 6.45) is 0.796. The van der Waals surface area contributed by atoms with E-state index in [4.69, 9.17) is 4.74 Å². The van der Waals surface area contributed by atoms with Crippen LogP contribution < -0.4 is 0 Å². The van der Waals surface area contributed by atoms with E-state index in [1.165, 1.54) is 6.07 Å². The van der Waals surface area contributed by atoms with Crippen LogP contribution in [0, 0.1) is 5.82 Å². The van der Waals surface area contributed by atoms with E-state index in [1.807, 2.05) is 12.1 Å². The van der Waals surface area contributed by atoms with Crippen LogP contribution in [-0.2, 0) is 11.2 Å². The molecule has 0 aliphatic carbocycles. The third-order valence-electron chi connectivity index (χ3n) is 3.73. The van der Waals surface area contributed by atoms with Gasteiger partial charge in [0, 0.05) is 46.4 Å². The first-order chi connectivity index (χ1) is 9.29. The molecule has 1 fully saturated rings. The van der Waals surface area contributed by atoms with Crippen LogP contribution in [-0.4, -0.2) is 62.8 Å². The fraction of sp³-hybridized carbons (Fsp3) is 0.600. The van der Waals surface area contributed by atoms with Crippen molar-refractivity contribution in [3.05, 3.63) is 35.6 Å². The number of hydrogen-bond donors (Lipinski definition) is 0. The minimum absolute atomic E-state index is 0.0822. The minimum Gasteiger partial charge on any atom is -0.383 e. The molecule has 0 spiro atoms. The zero-order chi connectivity index (χ0) is 13.5. The Labute approximate surface area is 115 Å². The van der Waals surface area contributed by atoms with E-state index in [-0.39, 0.29) is 5.82 Å². The largest absolute Gasteiger partial charge is 0.383 e. The second-order valence-electron chi connectivity index (χ2n) is 5.02. The van der Waals surface area contributed by atoms with E-state index in [9.17, 15) is 4.39 Å². The van der Waals surface area contributed by atoms with Gasteiger partial charge in [-0.1, -0.05) is 18.2 Å². The van der Waals surface area contributed by atoms with Gasteiger partial charge in [-0.25, -0.2) is 4.39 Å². The predicted molar refractivity (Wildman–Crippen MR) is 74.9 cm³/mol. The Kier molecular flexibility index (Phi) is 5.76. The van der Waals surface area contributed by atoms with Crippen LogP contribution in [0.5, 0.6) is 0 Å². The van der Waals surface area contributed by atoms with Gasteiger partial charge >= 0.3 is 0 Å². The molecule has 1 aliphatic heterocycles. The van der Waals surface area contributed by atoms with Gasteiger partial charge in [0.2, 0.25) is 0 Å². The highest BCUT2D eigenvalue weighted by atomic mass is 19.1. The molecule has 0 unspecified atom stereocenters. The van der Waals surface area contributed by atoms with Crippen LogP contribution in [0.4, 0.5) is 4.39 Å². The minimum atomic E-state index is -0.0822. The van der Waals surface area contributed by atoms with Crippen molar-refractivity contribution in [1.29, 1.82) is 0 Å². The average molecular weight is 266 g/mol. The van der Waals surface area contributed by atoms with Gasteiger partial charge in [-0.3, -0.25) is 4.90 Å².